The molecule has 4 N–H and O–H groups in total. The summed E-state index contributed by atoms with van der Waals surface area (Å²) >= 11 is 8.05. The topological polar surface area (TPSA) is 114 Å². The SMILES string of the molecule is N#Cc1ccc(-c2ccc(Cc3cc(C4O[C@H](CO)[C@@H](O)[C@H](O)[C@H]4O)ccc3Cl)s2)cc1. The number of benzene rings is 2. The van der Waals surface area contributed by atoms with E-state index in [0.717, 1.165) is 20.9 Å². The maximum Gasteiger partial charge on any atom is 0.113 e. The molecule has 0 saturated carbocycles. The lowest BCUT2D eigenvalue weighted by Gasteiger charge is -2.40. The molecule has 1 fully saturated rings. The van der Waals surface area contributed by atoms with Crippen LogP contribution in [0.4, 0.5) is 0 Å². The molecule has 0 amide bonds. The van der Waals surface area contributed by atoms with Crippen LogP contribution in [0.25, 0.3) is 10.4 Å². The number of rotatable bonds is 5. The highest BCUT2D eigenvalue weighted by Crippen LogP contribution is 2.35. The zero-order valence-corrected chi connectivity index (χ0v) is 18.5. The summed E-state index contributed by atoms with van der Waals surface area (Å²) in [6.45, 7) is -0.477. The number of thiophene rings is 1. The Bertz CT molecular complexity index is 1120. The van der Waals surface area contributed by atoms with Crippen LogP contribution < -0.4 is 0 Å². The maximum absolute atomic E-state index is 10.4. The lowest BCUT2D eigenvalue weighted by atomic mass is 9.90. The molecular formula is C24H22ClNO5S. The summed E-state index contributed by atoms with van der Waals surface area (Å²) in [6, 6.07) is 18.8. The van der Waals surface area contributed by atoms with Crippen molar-refractivity contribution >= 4 is 22.9 Å². The minimum Gasteiger partial charge on any atom is -0.394 e. The van der Waals surface area contributed by atoms with Crippen LogP contribution >= 0.6 is 22.9 Å². The third-order valence-corrected chi connectivity index (χ3v) is 7.12. The molecule has 0 aliphatic carbocycles. The lowest BCUT2D eigenvalue weighted by Crippen LogP contribution is -2.55. The van der Waals surface area contributed by atoms with Crippen LogP contribution in [-0.4, -0.2) is 51.4 Å². The van der Waals surface area contributed by atoms with Gasteiger partial charge in [-0.25, -0.2) is 0 Å². The van der Waals surface area contributed by atoms with Gasteiger partial charge >= 0.3 is 0 Å². The fraction of sp³-hybridized carbons (Fsp3) is 0.292. The van der Waals surface area contributed by atoms with E-state index in [1.54, 1.807) is 35.6 Å². The van der Waals surface area contributed by atoms with E-state index in [-0.39, 0.29) is 0 Å². The molecule has 0 bridgehead atoms. The van der Waals surface area contributed by atoms with Gasteiger partial charge in [-0.05, 0) is 47.0 Å². The van der Waals surface area contributed by atoms with Gasteiger partial charge in [0.25, 0.3) is 0 Å². The van der Waals surface area contributed by atoms with E-state index in [4.69, 9.17) is 21.6 Å². The second-order valence-electron chi connectivity index (χ2n) is 7.73. The van der Waals surface area contributed by atoms with Crippen molar-refractivity contribution in [3.05, 3.63) is 81.2 Å². The molecule has 1 aliphatic rings. The number of hydrogen-bond donors (Lipinski definition) is 4. The highest BCUT2D eigenvalue weighted by atomic mass is 35.5. The zero-order valence-electron chi connectivity index (χ0n) is 16.9. The Hall–Kier alpha value is -2.28. The molecule has 4 rings (SSSR count). The van der Waals surface area contributed by atoms with Crippen LogP contribution in [0.5, 0.6) is 0 Å². The molecular weight excluding hydrogens is 450 g/mol. The van der Waals surface area contributed by atoms with Gasteiger partial charge in [-0.2, -0.15) is 5.26 Å². The van der Waals surface area contributed by atoms with E-state index in [9.17, 15) is 20.4 Å². The first kappa shape index (κ1) is 22.9. The third kappa shape index (κ3) is 4.58. The molecule has 1 unspecified atom stereocenters. The average Bonchev–Trinajstić information content (AvgIpc) is 3.28. The summed E-state index contributed by atoms with van der Waals surface area (Å²) in [4.78, 5) is 2.16. The first-order valence-electron chi connectivity index (χ1n) is 10.1. The Morgan fingerprint density at radius 2 is 1.72 bits per heavy atom. The van der Waals surface area contributed by atoms with Crippen LogP contribution in [0, 0.1) is 11.3 Å². The van der Waals surface area contributed by atoms with E-state index in [2.05, 4.69) is 6.07 Å². The average molecular weight is 472 g/mol. The Morgan fingerprint density at radius 1 is 0.969 bits per heavy atom. The largest absolute Gasteiger partial charge is 0.394 e. The molecule has 3 aromatic rings. The van der Waals surface area contributed by atoms with Crippen molar-refractivity contribution in [2.24, 2.45) is 0 Å². The van der Waals surface area contributed by atoms with Gasteiger partial charge in [-0.15, -0.1) is 11.3 Å². The van der Waals surface area contributed by atoms with E-state index >= 15 is 0 Å². The quantitative estimate of drug-likeness (QED) is 0.455. The first-order chi connectivity index (χ1) is 15.4. The summed E-state index contributed by atoms with van der Waals surface area (Å²) in [5.74, 6) is 0. The molecule has 2 heterocycles. The predicted octanol–water partition coefficient (Wildman–Crippen LogP) is 3.05. The van der Waals surface area contributed by atoms with Crippen LogP contribution in [0.2, 0.25) is 5.02 Å². The summed E-state index contributed by atoms with van der Waals surface area (Å²) in [6.07, 6.45) is -5.48. The van der Waals surface area contributed by atoms with Crippen molar-refractivity contribution in [3.8, 4) is 16.5 Å². The highest BCUT2D eigenvalue weighted by molar-refractivity contribution is 7.15. The second-order valence-corrected chi connectivity index (χ2v) is 9.31. The minimum atomic E-state index is -1.43. The van der Waals surface area contributed by atoms with Crippen LogP contribution in [-0.2, 0) is 11.2 Å². The van der Waals surface area contributed by atoms with Crippen LogP contribution in [0.3, 0.4) is 0 Å². The smallest absolute Gasteiger partial charge is 0.113 e. The van der Waals surface area contributed by atoms with Gasteiger partial charge in [0, 0.05) is 21.2 Å². The van der Waals surface area contributed by atoms with Gasteiger partial charge in [0.15, 0.2) is 0 Å². The van der Waals surface area contributed by atoms with Gasteiger partial charge in [0.2, 0.25) is 0 Å². The third-order valence-electron chi connectivity index (χ3n) is 5.62. The molecule has 8 heteroatoms. The van der Waals surface area contributed by atoms with Crippen LogP contribution in [0.1, 0.15) is 27.7 Å². The number of hydrogen-bond acceptors (Lipinski definition) is 7. The zero-order chi connectivity index (χ0) is 22.8. The molecule has 5 atom stereocenters. The van der Waals surface area contributed by atoms with Gasteiger partial charge in [0.05, 0.1) is 18.2 Å². The summed E-state index contributed by atoms with van der Waals surface area (Å²) in [7, 11) is 0. The van der Waals surface area contributed by atoms with Crippen molar-refractivity contribution in [2.75, 3.05) is 6.61 Å². The van der Waals surface area contributed by atoms with Crippen molar-refractivity contribution < 1.29 is 25.2 Å². The number of halogens is 1. The summed E-state index contributed by atoms with van der Waals surface area (Å²) in [5.41, 5.74) is 3.07. The number of ether oxygens (including phenoxy) is 1. The van der Waals surface area contributed by atoms with E-state index < -0.39 is 37.1 Å². The number of nitriles is 1. The van der Waals surface area contributed by atoms with Crippen molar-refractivity contribution in [2.45, 2.75) is 36.9 Å². The molecule has 6 nitrogen and oxygen atoms in total. The standard InChI is InChI=1S/C24H22ClNO5S/c25-18-7-5-15(24-23(30)22(29)21(28)19(12-27)31-24)9-16(18)10-17-6-8-20(32-17)14-3-1-13(11-26)2-4-14/h1-9,19,21-24,27-30H,10,12H2/t19-,21-,22+,23-,24?/m1/s1. The number of aliphatic hydroxyl groups excluding tert-OH is 4. The maximum atomic E-state index is 10.4. The fourth-order valence-electron chi connectivity index (χ4n) is 3.81. The Balaban J connectivity index is 1.56. The van der Waals surface area contributed by atoms with Gasteiger partial charge in [-0.1, -0.05) is 35.9 Å². The predicted molar refractivity (Wildman–Crippen MR) is 121 cm³/mol. The molecule has 1 aromatic heterocycles. The van der Waals surface area contributed by atoms with E-state index in [1.165, 1.54) is 0 Å². The fourth-order valence-corrected chi connectivity index (χ4v) is 5.03. The summed E-state index contributed by atoms with van der Waals surface area (Å²) < 4.78 is 5.67. The Morgan fingerprint density at radius 3 is 2.41 bits per heavy atom. The monoisotopic (exact) mass is 471 g/mol. The van der Waals surface area contributed by atoms with Gasteiger partial charge < -0.3 is 25.2 Å². The van der Waals surface area contributed by atoms with Gasteiger partial charge in [-0.3, -0.25) is 0 Å². The molecule has 2 aromatic carbocycles. The molecule has 1 aliphatic heterocycles. The van der Waals surface area contributed by atoms with Crippen LogP contribution in [0.15, 0.2) is 54.6 Å². The Kier molecular flexibility index (Phi) is 6.93. The second kappa shape index (κ2) is 9.69. The lowest BCUT2D eigenvalue weighted by molar-refractivity contribution is -0.231. The van der Waals surface area contributed by atoms with Crippen molar-refractivity contribution in [1.29, 1.82) is 5.26 Å². The van der Waals surface area contributed by atoms with E-state index in [1.807, 2.05) is 30.3 Å². The molecule has 0 spiro atoms. The van der Waals surface area contributed by atoms with Crippen molar-refractivity contribution in [3.63, 3.8) is 0 Å². The minimum absolute atomic E-state index is 0.477. The molecule has 166 valence electrons. The highest BCUT2D eigenvalue weighted by Gasteiger charge is 2.44. The van der Waals surface area contributed by atoms with Gasteiger partial charge in [0.1, 0.15) is 30.5 Å². The molecule has 32 heavy (non-hydrogen) atoms. The molecule has 1 saturated heterocycles. The number of aliphatic hydroxyl groups is 4. The number of nitrogens with zero attached hydrogens (tertiary/aromatic N) is 1. The molecule has 0 radical (unpaired) electrons. The first-order valence-corrected chi connectivity index (χ1v) is 11.3. The van der Waals surface area contributed by atoms with E-state index in [0.29, 0.717) is 22.6 Å². The normalized spacial score (nSPS) is 25.4. The summed E-state index contributed by atoms with van der Waals surface area (Å²) in [5, 5.41) is 49.5. The Labute approximate surface area is 194 Å². The van der Waals surface area contributed by atoms with Crippen molar-refractivity contribution in [1.82, 2.24) is 0 Å².